The predicted molar refractivity (Wildman–Crippen MR) is 129 cm³/mol. The van der Waals surface area contributed by atoms with Crippen molar-refractivity contribution in [3.8, 4) is 5.75 Å². The van der Waals surface area contributed by atoms with Crippen LogP contribution in [0.15, 0.2) is 36.4 Å². The van der Waals surface area contributed by atoms with E-state index in [1.165, 1.54) is 26.2 Å². The normalized spacial score (nSPS) is 14.4. The van der Waals surface area contributed by atoms with Crippen molar-refractivity contribution in [1.82, 2.24) is 4.57 Å². The van der Waals surface area contributed by atoms with Gasteiger partial charge in [0.15, 0.2) is 0 Å². The molecule has 1 aliphatic carbocycles. The molecule has 3 aromatic rings. The van der Waals surface area contributed by atoms with Gasteiger partial charge in [0.1, 0.15) is 5.75 Å². The van der Waals surface area contributed by atoms with Crippen LogP contribution in [0, 0.1) is 13.8 Å². The Morgan fingerprint density at radius 3 is 2.44 bits per heavy atom. The van der Waals surface area contributed by atoms with E-state index >= 15 is 0 Å². The summed E-state index contributed by atoms with van der Waals surface area (Å²) in [6.07, 6.45) is 5.99. The summed E-state index contributed by atoms with van der Waals surface area (Å²) in [5.74, 6) is 0.429. The van der Waals surface area contributed by atoms with Crippen LogP contribution >= 0.6 is 0 Å². The number of anilines is 2. The average Bonchev–Trinajstić information content (AvgIpc) is 3.07. The van der Waals surface area contributed by atoms with Crippen molar-refractivity contribution in [2.75, 3.05) is 17.7 Å². The number of hydrogen-bond acceptors (Lipinski definition) is 3. The summed E-state index contributed by atoms with van der Waals surface area (Å²) in [7, 11) is 1.64. The van der Waals surface area contributed by atoms with Crippen molar-refractivity contribution in [1.29, 1.82) is 0 Å². The van der Waals surface area contributed by atoms with E-state index < -0.39 is 0 Å². The van der Waals surface area contributed by atoms with Gasteiger partial charge >= 0.3 is 0 Å². The molecular weight excluding hydrogens is 402 g/mol. The molecule has 2 aromatic carbocycles. The molecule has 0 bridgehead atoms. The summed E-state index contributed by atoms with van der Waals surface area (Å²) in [6.45, 7) is 5.43. The van der Waals surface area contributed by atoms with Crippen molar-refractivity contribution in [2.24, 2.45) is 0 Å². The standard InChI is InChI=1S/C26H31N3O3/c1-16-10-11-19(14-23(16)27-18(3)30)28-26(31)25-17(2)29(20-8-6-5-7-9-20)24-13-12-21(32-4)15-22(24)25/h10-15,20H,5-9H2,1-4H3,(H,27,30)(H,28,31). The zero-order valence-corrected chi connectivity index (χ0v) is 19.2. The molecule has 0 saturated heterocycles. The van der Waals surface area contributed by atoms with Gasteiger partial charge in [-0.1, -0.05) is 25.3 Å². The summed E-state index contributed by atoms with van der Waals surface area (Å²) >= 11 is 0. The van der Waals surface area contributed by atoms with Crippen LogP contribution < -0.4 is 15.4 Å². The third-order valence-electron chi connectivity index (χ3n) is 6.43. The number of amides is 2. The highest BCUT2D eigenvalue weighted by Gasteiger charge is 2.26. The molecule has 2 N–H and O–H groups in total. The Hall–Kier alpha value is -3.28. The van der Waals surface area contributed by atoms with E-state index in [-0.39, 0.29) is 11.8 Å². The Labute approximate surface area is 188 Å². The number of rotatable bonds is 5. The van der Waals surface area contributed by atoms with Crippen LogP contribution in [0.4, 0.5) is 11.4 Å². The first kappa shape index (κ1) is 21.9. The molecular formula is C26H31N3O3. The molecule has 0 unspecified atom stereocenters. The molecule has 1 saturated carbocycles. The summed E-state index contributed by atoms with van der Waals surface area (Å²) in [4.78, 5) is 25.0. The summed E-state index contributed by atoms with van der Waals surface area (Å²) < 4.78 is 7.80. The lowest BCUT2D eigenvalue weighted by Crippen LogP contribution is -2.17. The van der Waals surface area contributed by atoms with Gasteiger partial charge in [-0.15, -0.1) is 0 Å². The molecule has 32 heavy (non-hydrogen) atoms. The van der Waals surface area contributed by atoms with E-state index in [0.29, 0.717) is 23.0 Å². The summed E-state index contributed by atoms with van der Waals surface area (Å²) in [6, 6.07) is 11.9. The summed E-state index contributed by atoms with van der Waals surface area (Å²) in [5.41, 5.74) is 5.00. The van der Waals surface area contributed by atoms with Crippen molar-refractivity contribution in [3.05, 3.63) is 53.2 Å². The summed E-state index contributed by atoms with van der Waals surface area (Å²) in [5, 5.41) is 6.76. The van der Waals surface area contributed by atoms with Gasteiger partial charge in [0, 0.05) is 40.9 Å². The Morgan fingerprint density at radius 2 is 1.75 bits per heavy atom. The smallest absolute Gasteiger partial charge is 0.258 e. The van der Waals surface area contributed by atoms with Crippen LogP contribution in [-0.4, -0.2) is 23.5 Å². The van der Waals surface area contributed by atoms with Gasteiger partial charge in [0.05, 0.1) is 12.7 Å². The fourth-order valence-corrected chi connectivity index (χ4v) is 4.86. The largest absolute Gasteiger partial charge is 0.497 e. The fourth-order valence-electron chi connectivity index (χ4n) is 4.86. The lowest BCUT2D eigenvalue weighted by atomic mass is 9.95. The Balaban J connectivity index is 1.75. The number of carbonyl (C=O) groups is 2. The molecule has 0 aliphatic heterocycles. The third kappa shape index (κ3) is 4.22. The quantitative estimate of drug-likeness (QED) is 0.520. The highest BCUT2D eigenvalue weighted by Crippen LogP contribution is 2.37. The Bertz CT molecular complexity index is 1170. The molecule has 1 heterocycles. The second-order valence-electron chi connectivity index (χ2n) is 8.67. The highest BCUT2D eigenvalue weighted by molar-refractivity contribution is 6.14. The van der Waals surface area contributed by atoms with Crippen LogP contribution in [0.3, 0.4) is 0 Å². The maximum atomic E-state index is 13.5. The number of nitrogens with one attached hydrogen (secondary N) is 2. The fraction of sp³-hybridized carbons (Fsp3) is 0.385. The topological polar surface area (TPSA) is 72.4 Å². The lowest BCUT2D eigenvalue weighted by Gasteiger charge is -2.26. The number of aromatic nitrogens is 1. The molecule has 1 fully saturated rings. The first-order valence-electron chi connectivity index (χ1n) is 11.3. The van der Waals surface area contributed by atoms with Gasteiger partial charge in [0.2, 0.25) is 5.91 Å². The molecule has 1 aliphatic rings. The highest BCUT2D eigenvalue weighted by atomic mass is 16.5. The minimum atomic E-state index is -0.159. The van der Waals surface area contributed by atoms with Crippen LogP contribution in [0.1, 0.15) is 66.7 Å². The monoisotopic (exact) mass is 433 g/mol. The molecule has 4 rings (SSSR count). The molecule has 0 spiro atoms. The third-order valence-corrected chi connectivity index (χ3v) is 6.43. The number of aryl methyl sites for hydroxylation is 1. The average molecular weight is 434 g/mol. The first-order valence-corrected chi connectivity index (χ1v) is 11.3. The molecule has 6 heteroatoms. The number of methoxy groups -OCH3 is 1. The van der Waals surface area contributed by atoms with E-state index in [4.69, 9.17) is 4.74 Å². The van der Waals surface area contributed by atoms with E-state index in [2.05, 4.69) is 21.3 Å². The molecule has 2 amide bonds. The van der Waals surface area contributed by atoms with E-state index in [1.54, 1.807) is 13.2 Å². The first-order chi connectivity index (χ1) is 15.4. The minimum absolute atomic E-state index is 0.143. The van der Waals surface area contributed by atoms with Crippen LogP contribution in [0.5, 0.6) is 5.75 Å². The predicted octanol–water partition coefficient (Wildman–Crippen LogP) is 5.98. The Morgan fingerprint density at radius 1 is 1.00 bits per heavy atom. The van der Waals surface area contributed by atoms with Gasteiger partial charge in [-0.2, -0.15) is 0 Å². The second kappa shape index (κ2) is 9.07. The van der Waals surface area contributed by atoms with E-state index in [9.17, 15) is 9.59 Å². The van der Waals surface area contributed by atoms with Crippen molar-refractivity contribution < 1.29 is 14.3 Å². The number of benzene rings is 2. The van der Waals surface area contributed by atoms with Crippen molar-refractivity contribution >= 4 is 34.1 Å². The minimum Gasteiger partial charge on any atom is -0.497 e. The Kier molecular flexibility index (Phi) is 6.21. The molecule has 168 valence electrons. The zero-order chi connectivity index (χ0) is 22.8. The maximum absolute atomic E-state index is 13.5. The van der Waals surface area contributed by atoms with Gasteiger partial charge in [-0.25, -0.2) is 0 Å². The molecule has 0 radical (unpaired) electrons. The number of ether oxygens (including phenoxy) is 1. The number of carbonyl (C=O) groups excluding carboxylic acids is 2. The van der Waals surface area contributed by atoms with Crippen molar-refractivity contribution in [2.45, 2.75) is 58.9 Å². The van der Waals surface area contributed by atoms with Crippen molar-refractivity contribution in [3.63, 3.8) is 0 Å². The van der Waals surface area contributed by atoms with Gasteiger partial charge in [0.25, 0.3) is 5.91 Å². The maximum Gasteiger partial charge on any atom is 0.258 e. The molecule has 1 aromatic heterocycles. The van der Waals surface area contributed by atoms with E-state index in [0.717, 1.165) is 40.8 Å². The number of nitrogens with zero attached hydrogens (tertiary/aromatic N) is 1. The van der Waals surface area contributed by atoms with Crippen LogP contribution in [0.25, 0.3) is 10.9 Å². The SMILES string of the molecule is COc1ccc2c(c1)c(C(=O)Nc1ccc(C)c(NC(C)=O)c1)c(C)n2C1CCCCC1. The lowest BCUT2D eigenvalue weighted by molar-refractivity contribution is -0.114. The van der Waals surface area contributed by atoms with Crippen LogP contribution in [0.2, 0.25) is 0 Å². The molecule has 0 atom stereocenters. The van der Waals surface area contributed by atoms with Gasteiger partial charge in [-0.3, -0.25) is 9.59 Å². The van der Waals surface area contributed by atoms with Gasteiger partial charge < -0.3 is 19.9 Å². The van der Waals surface area contributed by atoms with E-state index in [1.807, 2.05) is 38.1 Å². The number of fused-ring (bicyclic) bond motifs is 1. The second-order valence-corrected chi connectivity index (χ2v) is 8.67. The van der Waals surface area contributed by atoms with Gasteiger partial charge in [-0.05, 0) is 62.6 Å². The van der Waals surface area contributed by atoms with Crippen LogP contribution in [-0.2, 0) is 4.79 Å². The zero-order valence-electron chi connectivity index (χ0n) is 19.2. The number of hydrogen-bond donors (Lipinski definition) is 2. The molecule has 6 nitrogen and oxygen atoms in total.